The first-order valence-corrected chi connectivity index (χ1v) is 8.50. The highest BCUT2D eigenvalue weighted by molar-refractivity contribution is 5.78. The second-order valence-electron chi connectivity index (χ2n) is 7.75. The summed E-state index contributed by atoms with van der Waals surface area (Å²) in [5.41, 5.74) is 2.38. The van der Waals surface area contributed by atoms with Gasteiger partial charge in [-0.1, -0.05) is 20.8 Å². The maximum absolute atomic E-state index is 11.9. The van der Waals surface area contributed by atoms with Crippen LogP contribution >= 0.6 is 0 Å². The maximum atomic E-state index is 11.9. The number of likely N-dealkylation sites (tertiary alicyclic amines) is 2. The molecule has 3 rings (SSSR count). The fourth-order valence-electron chi connectivity index (χ4n) is 3.55. The number of carbonyl (C=O) groups excluding carboxylic acids is 1. The average Bonchev–Trinajstić information content (AvgIpc) is 3.07. The van der Waals surface area contributed by atoms with Crippen LogP contribution in [0.25, 0.3) is 0 Å². The van der Waals surface area contributed by atoms with Gasteiger partial charge >= 0.3 is 0 Å². The van der Waals surface area contributed by atoms with Crippen molar-refractivity contribution in [1.82, 2.24) is 20.0 Å². The van der Waals surface area contributed by atoms with E-state index in [0.29, 0.717) is 11.9 Å². The Labute approximate surface area is 133 Å². The van der Waals surface area contributed by atoms with E-state index in [1.54, 1.807) is 0 Å². The average molecular weight is 304 g/mol. The van der Waals surface area contributed by atoms with Gasteiger partial charge in [-0.2, -0.15) is 5.10 Å². The topological polar surface area (TPSA) is 52.2 Å². The number of carbonyl (C=O) groups is 1. The molecule has 0 spiro atoms. The van der Waals surface area contributed by atoms with Gasteiger partial charge in [0.15, 0.2) is 0 Å². The first kappa shape index (κ1) is 15.5. The molecule has 1 aromatic rings. The fraction of sp³-hybridized carbons (Fsp3) is 0.765. The summed E-state index contributed by atoms with van der Waals surface area (Å²) in [6.45, 7) is 10.5. The van der Waals surface area contributed by atoms with Crippen LogP contribution in [0.5, 0.6) is 0 Å². The molecule has 5 heteroatoms. The molecule has 0 radical (unpaired) electrons. The monoisotopic (exact) mass is 304 g/mol. The van der Waals surface area contributed by atoms with Gasteiger partial charge in [-0.05, 0) is 31.9 Å². The van der Waals surface area contributed by atoms with Crippen molar-refractivity contribution < 1.29 is 4.79 Å². The lowest BCUT2D eigenvalue weighted by molar-refractivity contribution is -0.130. The highest BCUT2D eigenvalue weighted by atomic mass is 16.2. The Morgan fingerprint density at radius 1 is 1.32 bits per heavy atom. The summed E-state index contributed by atoms with van der Waals surface area (Å²) in [7, 11) is 0. The quantitative estimate of drug-likeness (QED) is 0.932. The molecule has 0 aliphatic carbocycles. The zero-order valence-electron chi connectivity index (χ0n) is 14.1. The van der Waals surface area contributed by atoms with Crippen molar-refractivity contribution in [1.29, 1.82) is 0 Å². The summed E-state index contributed by atoms with van der Waals surface area (Å²) in [4.78, 5) is 16.5. The van der Waals surface area contributed by atoms with Gasteiger partial charge in [-0.3, -0.25) is 14.8 Å². The van der Waals surface area contributed by atoms with Crippen LogP contribution in [-0.2, 0) is 16.8 Å². The molecule has 1 aromatic heterocycles. The zero-order chi connectivity index (χ0) is 15.7. The Hall–Kier alpha value is -1.36. The molecule has 1 atom stereocenters. The summed E-state index contributed by atoms with van der Waals surface area (Å²) in [5.74, 6) is 0.350. The van der Waals surface area contributed by atoms with E-state index in [9.17, 15) is 4.79 Å². The highest BCUT2D eigenvalue weighted by Gasteiger charge is 2.31. The molecule has 1 N–H and O–H groups in total. The molecule has 2 saturated heterocycles. The minimum absolute atomic E-state index is 0.0845. The molecule has 1 amide bonds. The number of nitrogens with one attached hydrogen (secondary N) is 1. The first-order valence-electron chi connectivity index (χ1n) is 8.50. The molecule has 5 nitrogen and oxygen atoms in total. The largest absolute Gasteiger partial charge is 0.338 e. The van der Waals surface area contributed by atoms with Crippen molar-refractivity contribution in [3.05, 3.63) is 17.5 Å². The molecule has 2 fully saturated rings. The standard InChI is InChI=1S/C17H28N4O/c1-17(2,3)15-10-13(18-19-15)11-20-8-4-6-14(12-20)21-9-5-7-16(21)22/h10,14H,4-9,11-12H2,1-3H3,(H,18,19). The third kappa shape index (κ3) is 3.35. The summed E-state index contributed by atoms with van der Waals surface area (Å²) in [5, 5.41) is 7.63. The van der Waals surface area contributed by atoms with Crippen molar-refractivity contribution >= 4 is 5.91 Å². The van der Waals surface area contributed by atoms with Gasteiger partial charge in [0.2, 0.25) is 5.91 Å². The van der Waals surface area contributed by atoms with E-state index < -0.39 is 0 Å². The molecule has 0 saturated carbocycles. The van der Waals surface area contributed by atoms with Crippen molar-refractivity contribution in [2.45, 2.75) is 64.5 Å². The molecule has 0 aromatic carbocycles. The molecule has 2 aliphatic heterocycles. The smallest absolute Gasteiger partial charge is 0.222 e. The number of hydrogen-bond donors (Lipinski definition) is 1. The van der Waals surface area contributed by atoms with E-state index in [0.717, 1.165) is 51.1 Å². The van der Waals surface area contributed by atoms with Crippen molar-refractivity contribution in [2.75, 3.05) is 19.6 Å². The number of piperidine rings is 1. The summed E-state index contributed by atoms with van der Waals surface area (Å²) < 4.78 is 0. The minimum atomic E-state index is 0.0845. The van der Waals surface area contributed by atoms with Crippen molar-refractivity contribution in [2.24, 2.45) is 0 Å². The zero-order valence-corrected chi connectivity index (χ0v) is 14.1. The molecule has 1 unspecified atom stereocenters. The molecule has 22 heavy (non-hydrogen) atoms. The highest BCUT2D eigenvalue weighted by Crippen LogP contribution is 2.24. The Morgan fingerprint density at radius 3 is 2.77 bits per heavy atom. The van der Waals surface area contributed by atoms with Crippen LogP contribution in [0.3, 0.4) is 0 Å². The summed E-state index contributed by atoms with van der Waals surface area (Å²) >= 11 is 0. The van der Waals surface area contributed by atoms with Crippen LogP contribution in [0.15, 0.2) is 6.07 Å². The van der Waals surface area contributed by atoms with Crippen LogP contribution in [0, 0.1) is 0 Å². The molecule has 3 heterocycles. The number of aromatic amines is 1. The lowest BCUT2D eigenvalue weighted by Crippen LogP contribution is -2.48. The van der Waals surface area contributed by atoms with Gasteiger partial charge in [0.25, 0.3) is 0 Å². The maximum Gasteiger partial charge on any atom is 0.222 e. The molecule has 122 valence electrons. The van der Waals surface area contributed by atoms with Crippen molar-refractivity contribution in [3.63, 3.8) is 0 Å². The van der Waals surface area contributed by atoms with Crippen LogP contribution in [-0.4, -0.2) is 51.6 Å². The van der Waals surface area contributed by atoms with Gasteiger partial charge in [-0.15, -0.1) is 0 Å². The summed E-state index contributed by atoms with van der Waals surface area (Å²) in [6.07, 6.45) is 4.10. The van der Waals surface area contributed by atoms with E-state index in [2.05, 4.69) is 46.8 Å². The normalized spacial score (nSPS) is 24.2. The SMILES string of the molecule is CC(C)(C)c1cc(CN2CCCC(N3CCCC3=O)C2)[nH]n1. The molecular weight excluding hydrogens is 276 g/mol. The van der Waals surface area contributed by atoms with Crippen LogP contribution in [0.2, 0.25) is 0 Å². The van der Waals surface area contributed by atoms with Crippen LogP contribution in [0.4, 0.5) is 0 Å². The van der Waals surface area contributed by atoms with Crippen molar-refractivity contribution in [3.8, 4) is 0 Å². The lowest BCUT2D eigenvalue weighted by atomic mass is 9.92. The van der Waals surface area contributed by atoms with E-state index in [1.165, 1.54) is 12.1 Å². The predicted molar refractivity (Wildman–Crippen MR) is 86.5 cm³/mol. The number of amides is 1. The van der Waals surface area contributed by atoms with Gasteiger partial charge in [-0.25, -0.2) is 0 Å². The van der Waals surface area contributed by atoms with Gasteiger partial charge in [0, 0.05) is 43.2 Å². The summed E-state index contributed by atoms with van der Waals surface area (Å²) in [6, 6.07) is 2.60. The van der Waals surface area contributed by atoms with E-state index in [-0.39, 0.29) is 5.41 Å². The minimum Gasteiger partial charge on any atom is -0.338 e. The second-order valence-corrected chi connectivity index (χ2v) is 7.75. The Morgan fingerprint density at radius 2 is 2.14 bits per heavy atom. The predicted octanol–water partition coefficient (Wildman–Crippen LogP) is 2.29. The van der Waals surface area contributed by atoms with E-state index in [4.69, 9.17) is 0 Å². The molecular formula is C17H28N4O. The number of aromatic nitrogens is 2. The van der Waals surface area contributed by atoms with Crippen LogP contribution in [0.1, 0.15) is 57.8 Å². The number of H-pyrrole nitrogens is 1. The fourth-order valence-corrected chi connectivity index (χ4v) is 3.55. The van der Waals surface area contributed by atoms with E-state index in [1.807, 2.05) is 0 Å². The Bertz CT molecular complexity index is 531. The van der Waals surface area contributed by atoms with Gasteiger partial charge in [0.1, 0.15) is 0 Å². The van der Waals surface area contributed by atoms with Crippen LogP contribution < -0.4 is 0 Å². The van der Waals surface area contributed by atoms with Gasteiger partial charge in [0.05, 0.1) is 5.69 Å². The molecule has 0 bridgehead atoms. The lowest BCUT2D eigenvalue weighted by Gasteiger charge is -2.37. The third-order valence-electron chi connectivity index (χ3n) is 4.82. The molecule has 2 aliphatic rings. The van der Waals surface area contributed by atoms with Gasteiger partial charge < -0.3 is 4.90 Å². The first-order chi connectivity index (χ1) is 10.4. The number of nitrogens with zero attached hydrogens (tertiary/aromatic N) is 3. The third-order valence-corrected chi connectivity index (χ3v) is 4.82. The Kier molecular flexibility index (Phi) is 4.26. The second kappa shape index (κ2) is 6.03. The number of rotatable bonds is 3. The Balaban J connectivity index is 1.60. The van der Waals surface area contributed by atoms with E-state index >= 15 is 0 Å². The number of hydrogen-bond acceptors (Lipinski definition) is 3.